The minimum absolute atomic E-state index is 0.471. The van der Waals surface area contributed by atoms with Crippen LogP contribution in [0, 0.1) is 0 Å². The van der Waals surface area contributed by atoms with Crippen molar-refractivity contribution in [3.63, 3.8) is 0 Å². The Bertz CT molecular complexity index is 143. The fourth-order valence-corrected chi connectivity index (χ4v) is 1.33. The lowest BCUT2D eigenvalue weighted by molar-refractivity contribution is -0.235. The minimum Gasteiger partial charge on any atom is -0.394 e. The van der Waals surface area contributed by atoms with Crippen molar-refractivity contribution in [2.45, 2.75) is 30.5 Å². The van der Waals surface area contributed by atoms with Gasteiger partial charge in [-0.25, -0.2) is 0 Å². The molecule has 0 saturated carbocycles. The molecule has 1 aliphatic heterocycles. The average molecular weight is 194 g/mol. The zero-order valence-electron chi connectivity index (χ0n) is 6.95. The van der Waals surface area contributed by atoms with Crippen molar-refractivity contribution < 1.29 is 30.3 Å². The first-order chi connectivity index (χ1) is 6.11. The summed E-state index contributed by atoms with van der Waals surface area (Å²) in [5.74, 6) is 0. The van der Waals surface area contributed by atoms with Crippen LogP contribution in [0.15, 0.2) is 0 Å². The highest BCUT2D eigenvalue weighted by atomic mass is 16.6. The van der Waals surface area contributed by atoms with Crippen molar-refractivity contribution in [3.8, 4) is 0 Å². The fraction of sp³-hybridized carbons (Fsp3) is 1.00. The van der Waals surface area contributed by atoms with E-state index >= 15 is 0 Å². The molecule has 0 spiro atoms. The average Bonchev–Trinajstić information content (AvgIpc) is 2.15. The monoisotopic (exact) mass is 194 g/mol. The van der Waals surface area contributed by atoms with Crippen LogP contribution >= 0.6 is 0 Å². The van der Waals surface area contributed by atoms with Gasteiger partial charge in [-0.2, -0.15) is 0 Å². The van der Waals surface area contributed by atoms with E-state index in [9.17, 15) is 15.3 Å². The lowest BCUT2D eigenvalue weighted by Crippen LogP contribution is -2.59. The molecule has 1 saturated heterocycles. The van der Waals surface area contributed by atoms with E-state index in [0.717, 1.165) is 0 Å². The lowest BCUT2D eigenvalue weighted by Gasteiger charge is -2.39. The van der Waals surface area contributed by atoms with Crippen LogP contribution in [-0.2, 0) is 4.74 Å². The molecule has 0 aromatic carbocycles. The van der Waals surface area contributed by atoms with Gasteiger partial charge in [0.2, 0.25) is 0 Å². The molecule has 0 radical (unpaired) electrons. The Labute approximate surface area is 75.0 Å². The molecule has 1 rings (SSSR count). The first-order valence-electron chi connectivity index (χ1n) is 4.03. The van der Waals surface area contributed by atoms with Gasteiger partial charge in [-0.1, -0.05) is 0 Å². The highest BCUT2D eigenvalue weighted by molar-refractivity contribution is 4.91. The zero-order chi connectivity index (χ0) is 10.0. The van der Waals surface area contributed by atoms with Crippen molar-refractivity contribution in [1.82, 2.24) is 0 Å². The molecular weight excluding hydrogens is 180 g/mol. The molecule has 0 aromatic heterocycles. The second kappa shape index (κ2) is 4.32. The lowest BCUT2D eigenvalue weighted by atomic mass is 9.95. The minimum atomic E-state index is -1.40. The maximum absolute atomic E-state index is 9.25. The molecule has 1 fully saturated rings. The number of aliphatic hydroxyl groups excluding tert-OH is 5. The Kier molecular flexibility index (Phi) is 3.60. The third kappa shape index (κ3) is 1.98. The summed E-state index contributed by atoms with van der Waals surface area (Å²) in [6, 6.07) is 0. The predicted octanol–water partition coefficient (Wildman–Crippen LogP) is -3.18. The van der Waals surface area contributed by atoms with E-state index in [4.69, 9.17) is 14.9 Å². The summed E-state index contributed by atoms with van der Waals surface area (Å²) in [4.78, 5) is 0. The maximum atomic E-state index is 9.25. The van der Waals surface area contributed by atoms with Gasteiger partial charge in [0.15, 0.2) is 0 Å². The highest BCUT2D eigenvalue weighted by Gasteiger charge is 2.42. The summed E-state index contributed by atoms with van der Waals surface area (Å²) in [6.07, 6.45) is -5.99. The molecule has 5 N–H and O–H groups in total. The van der Waals surface area contributed by atoms with Crippen molar-refractivity contribution in [3.05, 3.63) is 0 Å². The van der Waals surface area contributed by atoms with E-state index in [0.29, 0.717) is 0 Å². The third-order valence-corrected chi connectivity index (χ3v) is 2.17. The predicted molar refractivity (Wildman–Crippen MR) is 40.9 cm³/mol. The van der Waals surface area contributed by atoms with Crippen LogP contribution in [0.3, 0.4) is 0 Å². The SMILES string of the molecule is OCC1O[C@H](CO)[C@@H](O)C(O)[C@H]1O. The van der Waals surface area contributed by atoms with Gasteiger partial charge >= 0.3 is 0 Å². The van der Waals surface area contributed by atoms with Crippen molar-refractivity contribution >= 4 is 0 Å². The Hall–Kier alpha value is -0.240. The van der Waals surface area contributed by atoms with Gasteiger partial charge in [-0.3, -0.25) is 0 Å². The van der Waals surface area contributed by atoms with Gasteiger partial charge in [-0.15, -0.1) is 0 Å². The fourth-order valence-electron chi connectivity index (χ4n) is 1.33. The first kappa shape index (κ1) is 10.8. The summed E-state index contributed by atoms with van der Waals surface area (Å²) in [5, 5.41) is 45.2. The van der Waals surface area contributed by atoms with Gasteiger partial charge in [0.05, 0.1) is 13.2 Å². The van der Waals surface area contributed by atoms with E-state index in [-0.39, 0.29) is 0 Å². The van der Waals surface area contributed by atoms with Gasteiger partial charge in [0, 0.05) is 0 Å². The van der Waals surface area contributed by atoms with Crippen LogP contribution < -0.4 is 0 Å². The Morgan fingerprint density at radius 3 is 1.46 bits per heavy atom. The van der Waals surface area contributed by atoms with Crippen LogP contribution in [0.1, 0.15) is 0 Å². The van der Waals surface area contributed by atoms with Crippen LogP contribution in [0.4, 0.5) is 0 Å². The van der Waals surface area contributed by atoms with E-state index in [1.54, 1.807) is 0 Å². The van der Waals surface area contributed by atoms with Crippen molar-refractivity contribution in [2.75, 3.05) is 13.2 Å². The largest absolute Gasteiger partial charge is 0.394 e. The molecule has 6 nitrogen and oxygen atoms in total. The Balaban J connectivity index is 2.66. The second-order valence-electron chi connectivity index (χ2n) is 3.05. The quantitative estimate of drug-likeness (QED) is 0.317. The molecule has 0 amide bonds. The Morgan fingerprint density at radius 1 is 0.769 bits per heavy atom. The number of rotatable bonds is 2. The molecule has 13 heavy (non-hydrogen) atoms. The molecule has 2 unspecified atom stereocenters. The van der Waals surface area contributed by atoms with E-state index in [1.807, 2.05) is 0 Å². The normalized spacial score (nSPS) is 46.4. The van der Waals surface area contributed by atoms with Crippen molar-refractivity contribution in [2.24, 2.45) is 0 Å². The number of hydrogen-bond acceptors (Lipinski definition) is 6. The highest BCUT2D eigenvalue weighted by Crippen LogP contribution is 2.20. The molecule has 0 aromatic rings. The third-order valence-electron chi connectivity index (χ3n) is 2.17. The number of ether oxygens (including phenoxy) is 1. The summed E-state index contributed by atoms with van der Waals surface area (Å²) in [5.41, 5.74) is 0. The molecule has 5 atom stereocenters. The molecule has 6 heteroatoms. The van der Waals surface area contributed by atoms with Crippen LogP contribution in [-0.4, -0.2) is 69.3 Å². The molecular formula is C7H14O6. The molecule has 1 heterocycles. The summed E-state index contributed by atoms with van der Waals surface area (Å²) >= 11 is 0. The van der Waals surface area contributed by atoms with Gasteiger partial charge in [0.1, 0.15) is 30.5 Å². The second-order valence-corrected chi connectivity index (χ2v) is 3.05. The van der Waals surface area contributed by atoms with Crippen LogP contribution in [0.25, 0.3) is 0 Å². The zero-order valence-corrected chi connectivity index (χ0v) is 6.95. The number of hydrogen-bond donors (Lipinski definition) is 5. The van der Waals surface area contributed by atoms with E-state index < -0.39 is 43.7 Å². The van der Waals surface area contributed by atoms with E-state index in [1.165, 1.54) is 0 Å². The topological polar surface area (TPSA) is 110 Å². The summed E-state index contributed by atoms with van der Waals surface area (Å²) < 4.78 is 4.92. The van der Waals surface area contributed by atoms with Crippen LogP contribution in [0.2, 0.25) is 0 Å². The Morgan fingerprint density at radius 2 is 1.15 bits per heavy atom. The first-order valence-corrected chi connectivity index (χ1v) is 4.03. The van der Waals surface area contributed by atoms with Crippen molar-refractivity contribution in [1.29, 1.82) is 0 Å². The maximum Gasteiger partial charge on any atom is 0.111 e. The van der Waals surface area contributed by atoms with Gasteiger partial charge in [0.25, 0.3) is 0 Å². The van der Waals surface area contributed by atoms with Gasteiger partial charge in [-0.05, 0) is 0 Å². The molecule has 0 bridgehead atoms. The van der Waals surface area contributed by atoms with Gasteiger partial charge < -0.3 is 30.3 Å². The standard InChI is InChI=1S/C7H14O6/c8-1-3-5(10)7(12)6(11)4(2-9)13-3/h3-12H,1-2H2/t3-,4?,5-,6+,7?/m1/s1. The number of aliphatic hydroxyl groups is 5. The molecule has 78 valence electrons. The van der Waals surface area contributed by atoms with E-state index in [2.05, 4.69) is 0 Å². The molecule has 1 aliphatic rings. The summed E-state index contributed by atoms with van der Waals surface area (Å²) in [6.45, 7) is -0.942. The summed E-state index contributed by atoms with van der Waals surface area (Å²) in [7, 11) is 0. The smallest absolute Gasteiger partial charge is 0.111 e. The molecule has 0 aliphatic carbocycles. The van der Waals surface area contributed by atoms with Crippen LogP contribution in [0.5, 0.6) is 0 Å².